The van der Waals surface area contributed by atoms with Gasteiger partial charge in [-0.15, -0.1) is 0 Å². The quantitative estimate of drug-likeness (QED) is 0.697. The van der Waals surface area contributed by atoms with Crippen molar-refractivity contribution in [3.63, 3.8) is 0 Å². The summed E-state index contributed by atoms with van der Waals surface area (Å²) in [6.07, 6.45) is 2.19. The van der Waals surface area contributed by atoms with E-state index in [2.05, 4.69) is 32.4 Å². The van der Waals surface area contributed by atoms with Gasteiger partial charge < -0.3 is 15.4 Å². The molecular weight excluding hydrogens is 294 g/mol. The molecule has 2 N–H and O–H groups in total. The van der Waals surface area contributed by atoms with Crippen molar-refractivity contribution in [1.29, 1.82) is 0 Å². The van der Waals surface area contributed by atoms with E-state index in [-0.39, 0.29) is 5.91 Å². The fourth-order valence-electron chi connectivity index (χ4n) is 2.41. The first-order valence-electron chi connectivity index (χ1n) is 8.37. The number of unbranched alkanes of at least 4 members (excludes halogenated alkanes) is 1. The van der Waals surface area contributed by atoms with Crippen molar-refractivity contribution in [1.82, 2.24) is 20.2 Å². The molecular formula is C16H27N5O2. The number of carbonyl (C=O) groups is 1. The van der Waals surface area contributed by atoms with Crippen molar-refractivity contribution >= 4 is 11.7 Å². The van der Waals surface area contributed by atoms with Gasteiger partial charge in [-0.2, -0.15) is 0 Å². The molecule has 0 spiro atoms. The smallest absolute Gasteiger partial charge is 0.270 e. The largest absolute Gasteiger partial charge is 0.379 e. The summed E-state index contributed by atoms with van der Waals surface area (Å²) in [7, 11) is 0. The maximum atomic E-state index is 12.2. The number of aromatic nitrogens is 2. The predicted molar refractivity (Wildman–Crippen MR) is 89.8 cm³/mol. The normalized spacial score (nSPS) is 15.4. The summed E-state index contributed by atoms with van der Waals surface area (Å²) in [5.41, 5.74) is 0.415. The average molecular weight is 321 g/mol. The summed E-state index contributed by atoms with van der Waals surface area (Å²) in [5, 5.41) is 6.16. The van der Waals surface area contributed by atoms with Gasteiger partial charge in [0, 0.05) is 38.8 Å². The van der Waals surface area contributed by atoms with Crippen LogP contribution in [0.3, 0.4) is 0 Å². The highest BCUT2D eigenvalue weighted by molar-refractivity contribution is 5.92. The third-order valence-electron chi connectivity index (χ3n) is 3.72. The highest BCUT2D eigenvalue weighted by Gasteiger charge is 2.12. The standard InChI is InChI=1S/C16H27N5O2/c1-3-4-5-17-15-12-14(19-13(2)20-15)16(22)18-6-7-21-8-10-23-11-9-21/h12H,3-11H2,1-2H3,(H,18,22)(H,17,19,20). The number of rotatable bonds is 8. The van der Waals surface area contributed by atoms with Crippen LogP contribution >= 0.6 is 0 Å². The second-order valence-electron chi connectivity index (χ2n) is 5.68. The van der Waals surface area contributed by atoms with E-state index >= 15 is 0 Å². The van der Waals surface area contributed by atoms with Crippen LogP contribution in [0.15, 0.2) is 6.07 Å². The zero-order chi connectivity index (χ0) is 16.5. The molecule has 1 saturated heterocycles. The van der Waals surface area contributed by atoms with Gasteiger partial charge in [-0.3, -0.25) is 9.69 Å². The molecule has 0 atom stereocenters. The molecule has 1 aliphatic rings. The lowest BCUT2D eigenvalue weighted by molar-refractivity contribution is 0.0383. The molecule has 1 fully saturated rings. The topological polar surface area (TPSA) is 79.4 Å². The molecule has 1 aromatic heterocycles. The van der Waals surface area contributed by atoms with E-state index in [9.17, 15) is 4.79 Å². The maximum Gasteiger partial charge on any atom is 0.270 e. The number of ether oxygens (including phenoxy) is 1. The van der Waals surface area contributed by atoms with Gasteiger partial charge in [-0.1, -0.05) is 13.3 Å². The van der Waals surface area contributed by atoms with E-state index in [1.165, 1.54) is 0 Å². The lowest BCUT2D eigenvalue weighted by Gasteiger charge is -2.26. The monoisotopic (exact) mass is 321 g/mol. The van der Waals surface area contributed by atoms with E-state index in [0.717, 1.165) is 52.2 Å². The van der Waals surface area contributed by atoms with Crippen molar-refractivity contribution in [3.05, 3.63) is 17.6 Å². The van der Waals surface area contributed by atoms with Crippen molar-refractivity contribution in [2.24, 2.45) is 0 Å². The van der Waals surface area contributed by atoms with Crippen molar-refractivity contribution < 1.29 is 9.53 Å². The third kappa shape index (κ3) is 6.11. The Balaban J connectivity index is 1.82. The minimum Gasteiger partial charge on any atom is -0.379 e. The average Bonchev–Trinajstić information content (AvgIpc) is 2.55. The molecule has 0 bridgehead atoms. The number of hydrogen-bond acceptors (Lipinski definition) is 6. The molecule has 1 amide bonds. The Morgan fingerprint density at radius 1 is 1.30 bits per heavy atom. The van der Waals surface area contributed by atoms with E-state index < -0.39 is 0 Å². The number of morpholine rings is 1. The molecule has 1 aromatic rings. The molecule has 2 rings (SSSR count). The number of amides is 1. The number of anilines is 1. The summed E-state index contributed by atoms with van der Waals surface area (Å²) in [6, 6.07) is 1.72. The Hall–Kier alpha value is -1.73. The van der Waals surface area contributed by atoms with Gasteiger partial charge in [-0.25, -0.2) is 9.97 Å². The van der Waals surface area contributed by atoms with E-state index in [4.69, 9.17) is 4.74 Å². The molecule has 23 heavy (non-hydrogen) atoms. The fraction of sp³-hybridized carbons (Fsp3) is 0.688. The van der Waals surface area contributed by atoms with Gasteiger partial charge in [0.25, 0.3) is 5.91 Å². The molecule has 2 heterocycles. The minimum atomic E-state index is -0.151. The first-order valence-corrected chi connectivity index (χ1v) is 8.37. The van der Waals surface area contributed by atoms with Crippen molar-refractivity contribution in [2.45, 2.75) is 26.7 Å². The second kappa shape index (κ2) is 9.42. The molecule has 0 saturated carbocycles. The molecule has 0 unspecified atom stereocenters. The van der Waals surface area contributed by atoms with Gasteiger partial charge in [0.05, 0.1) is 13.2 Å². The van der Waals surface area contributed by atoms with Crippen LogP contribution in [-0.2, 0) is 4.74 Å². The Kier molecular flexibility index (Phi) is 7.22. The maximum absolute atomic E-state index is 12.2. The van der Waals surface area contributed by atoms with Gasteiger partial charge in [0.2, 0.25) is 0 Å². The van der Waals surface area contributed by atoms with Crippen molar-refractivity contribution in [3.8, 4) is 0 Å². The summed E-state index contributed by atoms with van der Waals surface area (Å²) in [6.45, 7) is 9.63. The van der Waals surface area contributed by atoms with Crippen LogP contribution in [0.5, 0.6) is 0 Å². The van der Waals surface area contributed by atoms with E-state index in [0.29, 0.717) is 23.9 Å². The van der Waals surface area contributed by atoms with Crippen LogP contribution in [0.4, 0.5) is 5.82 Å². The Bertz CT molecular complexity index is 503. The van der Waals surface area contributed by atoms with Crippen LogP contribution < -0.4 is 10.6 Å². The van der Waals surface area contributed by atoms with E-state index in [1.54, 1.807) is 13.0 Å². The van der Waals surface area contributed by atoms with Crippen molar-refractivity contribution in [2.75, 3.05) is 51.3 Å². The van der Waals surface area contributed by atoms with Crippen LogP contribution in [0.25, 0.3) is 0 Å². The molecule has 0 aliphatic carbocycles. The van der Waals surface area contributed by atoms with Crippen LogP contribution in [0, 0.1) is 6.92 Å². The van der Waals surface area contributed by atoms with Crippen LogP contribution in [0.1, 0.15) is 36.1 Å². The SMILES string of the molecule is CCCCNc1cc(C(=O)NCCN2CCOCC2)nc(C)n1. The van der Waals surface area contributed by atoms with Gasteiger partial charge in [-0.05, 0) is 13.3 Å². The Morgan fingerprint density at radius 2 is 2.09 bits per heavy atom. The van der Waals surface area contributed by atoms with Crippen LogP contribution in [-0.4, -0.2) is 66.7 Å². The number of aryl methyl sites for hydroxylation is 1. The second-order valence-corrected chi connectivity index (χ2v) is 5.68. The lowest BCUT2D eigenvalue weighted by Crippen LogP contribution is -2.41. The fourth-order valence-corrected chi connectivity index (χ4v) is 2.41. The number of hydrogen-bond donors (Lipinski definition) is 2. The third-order valence-corrected chi connectivity index (χ3v) is 3.72. The van der Waals surface area contributed by atoms with Crippen LogP contribution in [0.2, 0.25) is 0 Å². The highest BCUT2D eigenvalue weighted by Crippen LogP contribution is 2.07. The molecule has 7 nitrogen and oxygen atoms in total. The molecule has 7 heteroatoms. The summed E-state index contributed by atoms with van der Waals surface area (Å²) >= 11 is 0. The zero-order valence-corrected chi connectivity index (χ0v) is 14.1. The lowest BCUT2D eigenvalue weighted by atomic mass is 10.3. The Labute approximate surface area is 137 Å². The van der Waals surface area contributed by atoms with E-state index in [1.807, 2.05) is 0 Å². The molecule has 0 aromatic carbocycles. The van der Waals surface area contributed by atoms with Gasteiger partial charge in [0.1, 0.15) is 17.3 Å². The zero-order valence-electron chi connectivity index (χ0n) is 14.1. The first-order chi connectivity index (χ1) is 11.2. The number of nitrogens with zero attached hydrogens (tertiary/aromatic N) is 3. The predicted octanol–water partition coefficient (Wildman–Crippen LogP) is 1.06. The Morgan fingerprint density at radius 3 is 2.83 bits per heavy atom. The first kappa shape index (κ1) is 17.6. The summed E-state index contributed by atoms with van der Waals surface area (Å²) in [4.78, 5) is 23.1. The number of nitrogens with one attached hydrogen (secondary N) is 2. The summed E-state index contributed by atoms with van der Waals surface area (Å²) < 4.78 is 5.31. The minimum absolute atomic E-state index is 0.151. The molecule has 0 radical (unpaired) electrons. The molecule has 128 valence electrons. The highest BCUT2D eigenvalue weighted by atomic mass is 16.5. The number of carbonyl (C=O) groups excluding carboxylic acids is 1. The van der Waals surface area contributed by atoms with Gasteiger partial charge >= 0.3 is 0 Å². The van der Waals surface area contributed by atoms with Gasteiger partial charge in [0.15, 0.2) is 0 Å². The molecule has 1 aliphatic heterocycles. The summed E-state index contributed by atoms with van der Waals surface area (Å²) in [5.74, 6) is 1.16.